The first kappa shape index (κ1) is 14.0. The van der Waals surface area contributed by atoms with Crippen molar-refractivity contribution in [3.05, 3.63) is 16.4 Å². The van der Waals surface area contributed by atoms with Crippen LogP contribution in [0, 0.1) is 0 Å². The summed E-state index contributed by atoms with van der Waals surface area (Å²) in [6.07, 6.45) is 3.89. The molecule has 0 bridgehead atoms. The molecule has 1 atom stereocenters. The second kappa shape index (κ2) is 6.64. The Hall–Kier alpha value is -0.0400. The molecule has 2 N–H and O–H groups in total. The van der Waals surface area contributed by atoms with Crippen LogP contribution in [0.5, 0.6) is 0 Å². The molecule has 0 aliphatic carbocycles. The third-order valence-corrected chi connectivity index (χ3v) is 3.59. The van der Waals surface area contributed by atoms with E-state index in [0.29, 0.717) is 0 Å². The number of aromatic nitrogens is 2. The van der Waals surface area contributed by atoms with Gasteiger partial charge in [-0.1, -0.05) is 0 Å². The Morgan fingerprint density at radius 1 is 1.62 bits per heavy atom. The molecule has 16 heavy (non-hydrogen) atoms. The van der Waals surface area contributed by atoms with Crippen molar-refractivity contribution in [3.63, 3.8) is 0 Å². The van der Waals surface area contributed by atoms with E-state index in [4.69, 9.17) is 5.73 Å². The number of nitrogens with two attached hydrogens (primary N) is 1. The lowest BCUT2D eigenvalue weighted by molar-refractivity contribution is 0.367. The molecule has 0 saturated heterocycles. The van der Waals surface area contributed by atoms with E-state index in [-0.39, 0.29) is 6.04 Å². The molecule has 1 unspecified atom stereocenters. The van der Waals surface area contributed by atoms with E-state index in [0.717, 1.165) is 29.0 Å². The van der Waals surface area contributed by atoms with Crippen molar-refractivity contribution in [2.24, 2.45) is 5.73 Å². The highest BCUT2D eigenvalue weighted by Crippen LogP contribution is 2.23. The van der Waals surface area contributed by atoms with Crippen LogP contribution in [0.3, 0.4) is 0 Å². The molecular formula is C10H19BrN4S. The molecule has 0 aliphatic heterocycles. The van der Waals surface area contributed by atoms with Crippen molar-refractivity contribution in [2.45, 2.75) is 12.6 Å². The number of nitrogens with zero attached hydrogens (tertiary/aromatic N) is 3. The van der Waals surface area contributed by atoms with Crippen molar-refractivity contribution in [1.82, 2.24) is 14.7 Å². The predicted octanol–water partition coefficient (Wildman–Crippen LogP) is 1.57. The van der Waals surface area contributed by atoms with Crippen LogP contribution in [0.2, 0.25) is 0 Å². The fraction of sp³-hybridized carbons (Fsp3) is 0.700. The van der Waals surface area contributed by atoms with E-state index in [1.807, 2.05) is 10.9 Å². The zero-order chi connectivity index (χ0) is 12.1. The smallest absolute Gasteiger partial charge is 0.0702 e. The summed E-state index contributed by atoms with van der Waals surface area (Å²) in [5.41, 5.74) is 7.23. The van der Waals surface area contributed by atoms with Crippen LogP contribution in [0.4, 0.5) is 0 Å². The summed E-state index contributed by atoms with van der Waals surface area (Å²) in [7, 11) is 4.11. The maximum atomic E-state index is 6.13. The summed E-state index contributed by atoms with van der Waals surface area (Å²) in [4.78, 5) is 2.14. The Morgan fingerprint density at radius 3 is 2.88 bits per heavy atom. The number of likely N-dealkylation sites (N-methyl/N-ethyl adjacent to an activating group) is 1. The summed E-state index contributed by atoms with van der Waals surface area (Å²) >= 11 is 5.26. The van der Waals surface area contributed by atoms with E-state index in [1.165, 1.54) is 0 Å². The molecule has 1 rings (SSSR count). The highest BCUT2D eigenvalue weighted by atomic mass is 79.9. The fourth-order valence-electron chi connectivity index (χ4n) is 1.47. The zero-order valence-corrected chi connectivity index (χ0v) is 12.4. The average molecular weight is 307 g/mol. The minimum Gasteiger partial charge on any atom is -0.322 e. The van der Waals surface area contributed by atoms with Crippen molar-refractivity contribution >= 4 is 27.7 Å². The lowest BCUT2D eigenvalue weighted by atomic mass is 10.2. The summed E-state index contributed by atoms with van der Waals surface area (Å²) in [5, 5.41) is 4.34. The van der Waals surface area contributed by atoms with Crippen LogP contribution in [-0.4, -0.2) is 47.3 Å². The predicted molar refractivity (Wildman–Crippen MR) is 73.8 cm³/mol. The van der Waals surface area contributed by atoms with E-state index in [1.54, 1.807) is 11.8 Å². The Balaban J connectivity index is 2.76. The zero-order valence-electron chi connectivity index (χ0n) is 9.98. The lowest BCUT2D eigenvalue weighted by Gasteiger charge is -2.16. The van der Waals surface area contributed by atoms with Crippen LogP contribution in [-0.2, 0) is 6.54 Å². The van der Waals surface area contributed by atoms with E-state index in [9.17, 15) is 0 Å². The van der Waals surface area contributed by atoms with Gasteiger partial charge in [0, 0.05) is 12.3 Å². The molecule has 0 spiro atoms. The molecule has 0 amide bonds. The van der Waals surface area contributed by atoms with Crippen LogP contribution < -0.4 is 5.73 Å². The molecule has 0 aliphatic rings. The number of hydrogen-bond donors (Lipinski definition) is 1. The standard InChI is InChI=1S/C10H19BrN4S/c1-14(2)4-5-15-10(8(11)6-13-15)9(12)7-16-3/h6,9H,4-5,7,12H2,1-3H3. The van der Waals surface area contributed by atoms with Gasteiger partial charge >= 0.3 is 0 Å². The van der Waals surface area contributed by atoms with Gasteiger partial charge in [0.05, 0.1) is 29.0 Å². The average Bonchev–Trinajstić information content (AvgIpc) is 2.57. The van der Waals surface area contributed by atoms with Crippen LogP contribution in [0.1, 0.15) is 11.7 Å². The van der Waals surface area contributed by atoms with Gasteiger partial charge in [0.1, 0.15) is 0 Å². The number of hydrogen-bond acceptors (Lipinski definition) is 4. The minimum absolute atomic E-state index is 0.0361. The largest absolute Gasteiger partial charge is 0.322 e. The molecule has 0 saturated carbocycles. The van der Waals surface area contributed by atoms with Crippen LogP contribution in [0.15, 0.2) is 10.7 Å². The highest BCUT2D eigenvalue weighted by molar-refractivity contribution is 9.10. The number of rotatable bonds is 6. The quantitative estimate of drug-likeness (QED) is 0.866. The van der Waals surface area contributed by atoms with Gasteiger partial charge in [0.2, 0.25) is 0 Å². The van der Waals surface area contributed by atoms with Crippen molar-refractivity contribution < 1.29 is 0 Å². The lowest BCUT2D eigenvalue weighted by Crippen LogP contribution is -2.24. The molecule has 1 heterocycles. The normalized spacial score (nSPS) is 13.4. The Bertz CT molecular complexity index is 327. The molecule has 6 heteroatoms. The first-order valence-corrected chi connectivity index (χ1v) is 7.35. The molecular weight excluding hydrogens is 288 g/mol. The second-order valence-electron chi connectivity index (χ2n) is 3.97. The van der Waals surface area contributed by atoms with Gasteiger partial charge in [-0.05, 0) is 36.3 Å². The monoisotopic (exact) mass is 306 g/mol. The van der Waals surface area contributed by atoms with Crippen molar-refractivity contribution in [3.8, 4) is 0 Å². The Kier molecular flexibility index (Phi) is 5.82. The summed E-state index contributed by atoms with van der Waals surface area (Å²) < 4.78 is 3.00. The summed E-state index contributed by atoms with van der Waals surface area (Å²) in [6, 6.07) is 0.0361. The van der Waals surface area contributed by atoms with Crippen LogP contribution in [0.25, 0.3) is 0 Å². The molecule has 1 aromatic heterocycles. The molecule has 4 nitrogen and oxygen atoms in total. The molecule has 0 fully saturated rings. The summed E-state index contributed by atoms with van der Waals surface area (Å²) in [6.45, 7) is 1.84. The van der Waals surface area contributed by atoms with Gasteiger partial charge in [-0.2, -0.15) is 16.9 Å². The van der Waals surface area contributed by atoms with Crippen molar-refractivity contribution in [2.75, 3.05) is 32.6 Å². The van der Waals surface area contributed by atoms with Gasteiger partial charge in [0.25, 0.3) is 0 Å². The maximum Gasteiger partial charge on any atom is 0.0702 e. The van der Waals surface area contributed by atoms with Crippen molar-refractivity contribution in [1.29, 1.82) is 0 Å². The van der Waals surface area contributed by atoms with Gasteiger partial charge < -0.3 is 10.6 Å². The van der Waals surface area contributed by atoms with Gasteiger partial charge in [-0.3, -0.25) is 4.68 Å². The molecule has 92 valence electrons. The SMILES string of the molecule is CSCC(N)c1c(Br)cnn1CCN(C)C. The first-order valence-electron chi connectivity index (χ1n) is 5.16. The van der Waals surface area contributed by atoms with E-state index < -0.39 is 0 Å². The van der Waals surface area contributed by atoms with E-state index >= 15 is 0 Å². The highest BCUT2D eigenvalue weighted by Gasteiger charge is 2.15. The third kappa shape index (κ3) is 3.76. The Morgan fingerprint density at radius 2 is 2.31 bits per heavy atom. The number of thioether (sulfide) groups is 1. The maximum absolute atomic E-state index is 6.13. The van der Waals surface area contributed by atoms with Gasteiger partial charge in [-0.15, -0.1) is 0 Å². The Labute approximate surface area is 110 Å². The summed E-state index contributed by atoms with van der Waals surface area (Å²) in [5.74, 6) is 0.909. The van der Waals surface area contributed by atoms with Gasteiger partial charge in [0.15, 0.2) is 0 Å². The first-order chi connectivity index (χ1) is 7.56. The minimum atomic E-state index is 0.0361. The third-order valence-electron chi connectivity index (χ3n) is 2.29. The number of halogens is 1. The molecule has 0 aromatic carbocycles. The topological polar surface area (TPSA) is 47.1 Å². The van der Waals surface area contributed by atoms with Crippen LogP contribution >= 0.6 is 27.7 Å². The second-order valence-corrected chi connectivity index (χ2v) is 5.73. The fourth-order valence-corrected chi connectivity index (χ4v) is 2.58. The molecule has 0 radical (unpaired) electrons. The van der Waals surface area contributed by atoms with E-state index in [2.05, 4.69) is 46.3 Å². The van der Waals surface area contributed by atoms with Gasteiger partial charge in [-0.25, -0.2) is 0 Å². The molecule has 1 aromatic rings.